The third-order valence-electron chi connectivity index (χ3n) is 7.83. The minimum absolute atomic E-state index is 0.0198. The molecule has 0 saturated carbocycles. The molecule has 1 unspecified atom stereocenters. The van der Waals surface area contributed by atoms with Gasteiger partial charge in [-0.05, 0) is 93.3 Å². The molecule has 1 heterocycles. The Morgan fingerprint density at radius 3 is 2.52 bits per heavy atom. The lowest BCUT2D eigenvalue weighted by Gasteiger charge is -2.12. The van der Waals surface area contributed by atoms with Crippen LogP contribution in [-0.2, 0) is 13.0 Å². The highest BCUT2D eigenvalue weighted by atomic mass is 16.5. The van der Waals surface area contributed by atoms with Gasteiger partial charge in [0.05, 0.1) is 17.6 Å². The molecule has 4 aromatic rings. The largest absolute Gasteiger partial charge is 0.494 e. The number of carbonyl (C=O) groups is 1. The zero-order valence-electron chi connectivity index (χ0n) is 24.7. The molecule has 5 heteroatoms. The molecule has 0 bridgehead atoms. The maximum atomic E-state index is 12.5. The van der Waals surface area contributed by atoms with Gasteiger partial charge in [0.1, 0.15) is 11.6 Å². The zero-order chi connectivity index (χ0) is 28.3. The first-order valence-electron chi connectivity index (χ1n) is 15.0. The van der Waals surface area contributed by atoms with Crippen molar-refractivity contribution in [2.24, 2.45) is 0 Å². The number of nitrogens with zero attached hydrogens (tertiary/aromatic N) is 2. The summed E-state index contributed by atoms with van der Waals surface area (Å²) < 4.78 is 8.40. The van der Waals surface area contributed by atoms with Gasteiger partial charge in [-0.1, -0.05) is 62.2 Å². The summed E-state index contributed by atoms with van der Waals surface area (Å²) in [6, 6.07) is 23.0. The fourth-order valence-electron chi connectivity index (χ4n) is 5.21. The van der Waals surface area contributed by atoms with Crippen LogP contribution >= 0.6 is 0 Å². The number of benzene rings is 3. The van der Waals surface area contributed by atoms with Crippen LogP contribution in [0, 0.1) is 13.8 Å². The van der Waals surface area contributed by atoms with Crippen molar-refractivity contribution >= 4 is 16.9 Å². The minimum Gasteiger partial charge on any atom is -0.494 e. The lowest BCUT2D eigenvalue weighted by molar-refractivity contribution is 0.0952. The maximum Gasteiger partial charge on any atom is 0.251 e. The summed E-state index contributed by atoms with van der Waals surface area (Å²) in [5, 5.41) is 3.08. The first-order chi connectivity index (χ1) is 19.5. The van der Waals surface area contributed by atoms with Crippen LogP contribution in [0.3, 0.4) is 0 Å². The summed E-state index contributed by atoms with van der Waals surface area (Å²) in [4.78, 5) is 17.5. The molecule has 0 spiro atoms. The first-order valence-corrected chi connectivity index (χ1v) is 15.0. The van der Waals surface area contributed by atoms with Gasteiger partial charge in [0.15, 0.2) is 0 Å². The van der Waals surface area contributed by atoms with Crippen molar-refractivity contribution in [3.63, 3.8) is 0 Å². The van der Waals surface area contributed by atoms with Gasteiger partial charge in [-0.15, -0.1) is 0 Å². The average molecular weight is 540 g/mol. The lowest BCUT2D eigenvalue weighted by atomic mass is 9.99. The van der Waals surface area contributed by atoms with E-state index >= 15 is 0 Å². The third-order valence-corrected chi connectivity index (χ3v) is 7.83. The second-order valence-electron chi connectivity index (χ2n) is 11.0. The third kappa shape index (κ3) is 7.97. The van der Waals surface area contributed by atoms with Crippen LogP contribution in [0.5, 0.6) is 5.75 Å². The number of para-hydroxylation sites is 2. The van der Waals surface area contributed by atoms with Crippen LogP contribution in [-0.4, -0.2) is 28.6 Å². The highest BCUT2D eigenvalue weighted by Crippen LogP contribution is 2.22. The minimum atomic E-state index is 0.0198. The van der Waals surface area contributed by atoms with Crippen LogP contribution in [0.15, 0.2) is 66.7 Å². The number of rotatable bonds is 15. The Morgan fingerprint density at radius 2 is 1.75 bits per heavy atom. The van der Waals surface area contributed by atoms with E-state index in [-0.39, 0.29) is 5.91 Å². The van der Waals surface area contributed by atoms with Crippen LogP contribution in [0.1, 0.15) is 91.2 Å². The normalized spacial score (nSPS) is 12.0. The number of nitrogens with one attached hydrogen (secondary N) is 1. The van der Waals surface area contributed by atoms with Crippen molar-refractivity contribution in [1.82, 2.24) is 14.9 Å². The predicted molar refractivity (Wildman–Crippen MR) is 165 cm³/mol. The summed E-state index contributed by atoms with van der Waals surface area (Å²) in [6.45, 7) is 10.9. The van der Waals surface area contributed by atoms with E-state index in [2.05, 4.69) is 78.3 Å². The van der Waals surface area contributed by atoms with Crippen LogP contribution in [0.4, 0.5) is 0 Å². The van der Waals surface area contributed by atoms with E-state index in [9.17, 15) is 4.79 Å². The molecule has 0 radical (unpaired) electrons. The number of hydrogen-bond acceptors (Lipinski definition) is 3. The zero-order valence-corrected chi connectivity index (χ0v) is 24.7. The molecule has 4 rings (SSSR count). The Morgan fingerprint density at radius 1 is 0.950 bits per heavy atom. The second-order valence-corrected chi connectivity index (χ2v) is 11.0. The Hall–Kier alpha value is -3.60. The quantitative estimate of drug-likeness (QED) is 0.155. The second kappa shape index (κ2) is 14.7. The van der Waals surface area contributed by atoms with E-state index in [0.717, 1.165) is 86.3 Å². The van der Waals surface area contributed by atoms with E-state index in [1.165, 1.54) is 16.6 Å². The molecule has 3 aromatic carbocycles. The van der Waals surface area contributed by atoms with E-state index in [0.29, 0.717) is 12.5 Å². The molecule has 1 atom stereocenters. The number of imidazole rings is 1. The fraction of sp³-hybridized carbons (Fsp3) is 0.429. The van der Waals surface area contributed by atoms with Gasteiger partial charge >= 0.3 is 0 Å². The van der Waals surface area contributed by atoms with Gasteiger partial charge in [-0.25, -0.2) is 4.98 Å². The molecule has 1 N–H and O–H groups in total. The molecule has 1 amide bonds. The molecule has 0 aliphatic carbocycles. The van der Waals surface area contributed by atoms with Crippen molar-refractivity contribution in [2.45, 2.75) is 85.1 Å². The van der Waals surface area contributed by atoms with Crippen LogP contribution < -0.4 is 10.1 Å². The van der Waals surface area contributed by atoms with Crippen LogP contribution in [0.25, 0.3) is 11.0 Å². The summed E-state index contributed by atoms with van der Waals surface area (Å²) >= 11 is 0. The van der Waals surface area contributed by atoms with Gasteiger partial charge < -0.3 is 14.6 Å². The SMILES string of the molecule is CCC(C)c1ccc(OCCCCn2c(CCCCCNC(=O)c3ccc(C)cc3C)nc3ccccc32)cc1. The summed E-state index contributed by atoms with van der Waals surface area (Å²) in [7, 11) is 0. The summed E-state index contributed by atoms with van der Waals surface area (Å²) in [6.07, 6.45) is 7.21. The topological polar surface area (TPSA) is 56.1 Å². The van der Waals surface area contributed by atoms with Crippen molar-refractivity contribution in [3.05, 3.63) is 94.8 Å². The van der Waals surface area contributed by atoms with Gasteiger partial charge in [-0.3, -0.25) is 4.79 Å². The lowest BCUT2D eigenvalue weighted by Crippen LogP contribution is -2.25. The Kier molecular flexibility index (Phi) is 10.8. The van der Waals surface area contributed by atoms with Gasteiger partial charge in [0.25, 0.3) is 5.91 Å². The highest BCUT2D eigenvalue weighted by Gasteiger charge is 2.11. The predicted octanol–water partition coefficient (Wildman–Crippen LogP) is 8.17. The molecular formula is C35H45N3O2. The number of aryl methyl sites for hydroxylation is 4. The summed E-state index contributed by atoms with van der Waals surface area (Å²) in [5.74, 6) is 2.71. The molecule has 1 aromatic heterocycles. The first kappa shape index (κ1) is 29.4. The Balaban J connectivity index is 1.21. The number of amides is 1. The van der Waals surface area contributed by atoms with Gasteiger partial charge in [0.2, 0.25) is 0 Å². The maximum absolute atomic E-state index is 12.5. The summed E-state index contributed by atoms with van der Waals surface area (Å²) in [5.41, 5.74) is 6.62. The molecule has 0 aliphatic heterocycles. The highest BCUT2D eigenvalue weighted by molar-refractivity contribution is 5.95. The standard InChI is InChI=1S/C35H45N3O2/c1-5-27(3)29-17-19-30(20-18-29)40-24-12-11-23-38-33-14-9-8-13-32(33)37-34(38)15-7-6-10-22-36-35(39)31-21-16-26(2)25-28(31)4/h8-9,13-14,16-21,25,27H,5-7,10-12,15,22-24H2,1-4H3,(H,36,39). The molecule has 0 fully saturated rings. The van der Waals surface area contributed by atoms with Gasteiger partial charge in [0, 0.05) is 25.1 Å². The van der Waals surface area contributed by atoms with Crippen molar-refractivity contribution in [3.8, 4) is 5.75 Å². The molecule has 212 valence electrons. The van der Waals surface area contributed by atoms with Crippen LogP contribution in [0.2, 0.25) is 0 Å². The number of unbranched alkanes of at least 4 members (excludes halogenated alkanes) is 3. The number of aromatic nitrogens is 2. The Bertz CT molecular complexity index is 1370. The number of fused-ring (bicyclic) bond motifs is 1. The Labute approximate surface area is 240 Å². The molecule has 0 aliphatic rings. The van der Waals surface area contributed by atoms with Crippen molar-refractivity contribution in [2.75, 3.05) is 13.2 Å². The monoisotopic (exact) mass is 539 g/mol. The number of hydrogen-bond donors (Lipinski definition) is 1. The van der Waals surface area contributed by atoms with E-state index in [1.807, 2.05) is 26.0 Å². The average Bonchev–Trinajstić information content (AvgIpc) is 3.31. The van der Waals surface area contributed by atoms with Crippen molar-refractivity contribution in [1.29, 1.82) is 0 Å². The number of carbonyl (C=O) groups excluding carboxylic acids is 1. The van der Waals surface area contributed by atoms with Gasteiger partial charge in [-0.2, -0.15) is 0 Å². The van der Waals surface area contributed by atoms with E-state index in [1.54, 1.807) is 0 Å². The molecule has 5 nitrogen and oxygen atoms in total. The number of ether oxygens (including phenoxy) is 1. The molecule has 0 saturated heterocycles. The fourth-order valence-corrected chi connectivity index (χ4v) is 5.21. The van der Waals surface area contributed by atoms with E-state index < -0.39 is 0 Å². The molecular weight excluding hydrogens is 494 g/mol. The smallest absolute Gasteiger partial charge is 0.251 e. The van der Waals surface area contributed by atoms with E-state index in [4.69, 9.17) is 9.72 Å². The van der Waals surface area contributed by atoms with Crippen molar-refractivity contribution < 1.29 is 9.53 Å². The molecule has 40 heavy (non-hydrogen) atoms.